The van der Waals surface area contributed by atoms with Crippen LogP contribution in [-0.2, 0) is 14.8 Å². The van der Waals surface area contributed by atoms with Gasteiger partial charge >= 0.3 is 10.0 Å². The van der Waals surface area contributed by atoms with Crippen molar-refractivity contribution in [1.29, 1.82) is 0 Å². The summed E-state index contributed by atoms with van der Waals surface area (Å²) in [6.45, 7) is 3.37. The van der Waals surface area contributed by atoms with Gasteiger partial charge in [0, 0.05) is 18.1 Å². The highest BCUT2D eigenvalue weighted by molar-refractivity contribution is 7.84. The van der Waals surface area contributed by atoms with Crippen LogP contribution in [0.1, 0.15) is 11.6 Å². The van der Waals surface area contributed by atoms with Crippen molar-refractivity contribution in [2.45, 2.75) is 10.9 Å². The molecular weight excluding hydrogens is 360 g/mol. The maximum atomic E-state index is 12.6. The van der Waals surface area contributed by atoms with Gasteiger partial charge in [0.25, 0.3) is 0 Å². The highest BCUT2D eigenvalue weighted by Crippen LogP contribution is 2.20. The Hall–Kier alpha value is -1.44. The summed E-state index contributed by atoms with van der Waals surface area (Å²) in [4.78, 5) is 2.55. The van der Waals surface area contributed by atoms with Crippen molar-refractivity contribution in [3.63, 3.8) is 0 Å². The highest BCUT2D eigenvalue weighted by atomic mass is 35.5. The Balaban J connectivity index is 1.77. The van der Waals surface area contributed by atoms with Crippen LogP contribution in [0.5, 0.6) is 0 Å². The van der Waals surface area contributed by atoms with Crippen LogP contribution in [0.4, 0.5) is 0 Å². The molecule has 134 valence electrons. The first kappa shape index (κ1) is 18.4. The van der Waals surface area contributed by atoms with E-state index in [1.54, 1.807) is 24.3 Å². The van der Waals surface area contributed by atoms with Gasteiger partial charge in [-0.05, 0) is 29.8 Å². The molecule has 1 heterocycles. The number of hydrogen-bond donors (Lipinski definition) is 1. The predicted octanol–water partition coefficient (Wildman–Crippen LogP) is 1.67. The second kappa shape index (κ2) is 8.29. The Bertz CT molecular complexity index is 776. The molecule has 2 N–H and O–H groups in total. The number of ether oxygens (including phenoxy) is 1. The van der Waals surface area contributed by atoms with Gasteiger partial charge < -0.3 is 4.74 Å². The number of quaternary nitrogens is 1. The quantitative estimate of drug-likeness (QED) is 0.826. The third-order valence-electron chi connectivity index (χ3n) is 4.35. The number of rotatable bonds is 6. The number of halogens is 1. The van der Waals surface area contributed by atoms with Crippen LogP contribution in [-0.4, -0.2) is 46.2 Å². The minimum Gasteiger partial charge on any atom is -0.379 e. The summed E-state index contributed by atoms with van der Waals surface area (Å²) in [6, 6.07) is 16.3. The first-order chi connectivity index (χ1) is 12.1. The lowest BCUT2D eigenvalue weighted by molar-refractivity contribution is -0.505. The van der Waals surface area contributed by atoms with E-state index in [-0.39, 0.29) is 10.9 Å². The molecule has 1 fully saturated rings. The van der Waals surface area contributed by atoms with Crippen molar-refractivity contribution in [3.05, 3.63) is 65.2 Å². The summed E-state index contributed by atoms with van der Waals surface area (Å²) < 4.78 is 32.1. The van der Waals surface area contributed by atoms with Crippen LogP contribution in [0.2, 0.25) is 5.02 Å². The molecule has 1 saturated heterocycles. The van der Waals surface area contributed by atoms with Gasteiger partial charge in [-0.25, -0.2) is 4.72 Å². The number of sulfonamides is 1. The standard InChI is InChI=1S/C18H21ClN2O3S/c19-16-6-8-17(9-7-16)25(22,23)20-14-18(15-4-2-1-3-5-15)21-10-12-24-13-11-21/h1-9,18,20H,10-14H2/p+1/t18-/m1/s1. The van der Waals surface area contributed by atoms with E-state index in [4.69, 9.17) is 16.3 Å². The van der Waals surface area contributed by atoms with Gasteiger partial charge in [-0.15, -0.1) is 0 Å². The third-order valence-corrected chi connectivity index (χ3v) is 6.16. The summed E-state index contributed by atoms with van der Waals surface area (Å²) in [6.07, 6.45) is 0. The molecule has 0 spiro atoms. The van der Waals surface area contributed by atoms with E-state index >= 15 is 0 Å². The molecule has 0 saturated carbocycles. The molecule has 3 rings (SSSR count). The molecule has 25 heavy (non-hydrogen) atoms. The molecule has 0 radical (unpaired) electrons. The number of hydrogen-bond acceptors (Lipinski definition) is 4. The maximum Gasteiger partial charge on any atom is 0.324 e. The first-order valence-corrected chi connectivity index (χ1v) is 10.2. The normalized spacial score (nSPS) is 17.3. The lowest BCUT2D eigenvalue weighted by Gasteiger charge is -2.33. The molecule has 2 aromatic carbocycles. The zero-order valence-electron chi connectivity index (χ0n) is 13.8. The highest BCUT2D eigenvalue weighted by Gasteiger charge is 2.27. The average molecular weight is 382 g/mol. The summed E-state index contributed by atoms with van der Waals surface area (Å²) in [5.41, 5.74) is 1.12. The van der Waals surface area contributed by atoms with Gasteiger partial charge in [-0.1, -0.05) is 41.9 Å². The summed E-state index contributed by atoms with van der Waals surface area (Å²) >= 11 is 5.85. The summed E-state index contributed by atoms with van der Waals surface area (Å²) in [7, 11) is -3.46. The lowest BCUT2D eigenvalue weighted by atomic mass is 10.1. The van der Waals surface area contributed by atoms with E-state index in [1.165, 1.54) is 4.72 Å². The van der Waals surface area contributed by atoms with Crippen molar-refractivity contribution in [1.82, 2.24) is 4.90 Å². The Morgan fingerprint density at radius 2 is 1.68 bits per heavy atom. The monoisotopic (exact) mass is 381 g/mol. The Kier molecular flexibility index (Phi) is 6.09. The molecular formula is C18H22ClN2O3S+. The van der Waals surface area contributed by atoms with E-state index in [0.717, 1.165) is 18.7 Å². The zero-order valence-corrected chi connectivity index (χ0v) is 15.4. The van der Waals surface area contributed by atoms with Gasteiger partial charge in [0.1, 0.15) is 11.4 Å². The molecule has 0 aromatic heterocycles. The van der Waals surface area contributed by atoms with Gasteiger partial charge in [0.15, 0.2) is 0 Å². The van der Waals surface area contributed by atoms with Crippen LogP contribution < -0.4 is 4.72 Å². The van der Waals surface area contributed by atoms with Crippen LogP contribution in [0.25, 0.3) is 0 Å². The van der Waals surface area contributed by atoms with Gasteiger partial charge in [-0.3, -0.25) is 4.90 Å². The summed E-state index contributed by atoms with van der Waals surface area (Å²) in [5.74, 6) is 0. The van der Waals surface area contributed by atoms with E-state index in [1.807, 2.05) is 30.3 Å². The third kappa shape index (κ3) is 4.80. The number of nitrogens with zero attached hydrogens (tertiary/aromatic N) is 1. The van der Waals surface area contributed by atoms with Gasteiger partial charge in [0.05, 0.1) is 19.3 Å². The van der Waals surface area contributed by atoms with Crippen molar-refractivity contribution < 1.29 is 17.9 Å². The number of nitrogens with two attached hydrogens (primary N) is 1. The van der Waals surface area contributed by atoms with Crippen molar-refractivity contribution in [3.8, 4) is 0 Å². The lowest BCUT2D eigenvalue weighted by Crippen LogP contribution is -2.88. The Labute approximate surface area is 153 Å². The van der Waals surface area contributed by atoms with Crippen molar-refractivity contribution >= 4 is 21.6 Å². The smallest absolute Gasteiger partial charge is 0.324 e. The number of primary sulfonamides is 1. The molecule has 2 aromatic rings. The fourth-order valence-electron chi connectivity index (χ4n) is 3.00. The molecule has 0 bridgehead atoms. The van der Waals surface area contributed by atoms with E-state index in [0.29, 0.717) is 24.8 Å². The second-order valence-corrected chi connectivity index (χ2v) is 8.31. The zero-order chi connectivity index (χ0) is 17.7. The molecule has 0 unspecified atom stereocenters. The van der Waals surface area contributed by atoms with E-state index < -0.39 is 10.0 Å². The fraction of sp³-hybridized carbons (Fsp3) is 0.333. The van der Waals surface area contributed by atoms with Crippen molar-refractivity contribution in [2.75, 3.05) is 32.8 Å². The second-order valence-electron chi connectivity index (χ2n) is 5.98. The molecule has 1 aliphatic rings. The van der Waals surface area contributed by atoms with Gasteiger partial charge in [0.2, 0.25) is 0 Å². The average Bonchev–Trinajstić information content (AvgIpc) is 2.64. The molecule has 0 amide bonds. The molecule has 1 atom stereocenters. The molecule has 7 heteroatoms. The topological polar surface area (TPSA) is 63.2 Å². The number of morpholine rings is 1. The minimum absolute atomic E-state index is 0.0205. The SMILES string of the molecule is O=S(=O)([NH2+]C[C@H](c1ccccc1)N1CCOCC1)c1ccc(Cl)cc1. The molecule has 5 nitrogen and oxygen atoms in total. The van der Waals surface area contributed by atoms with Crippen LogP contribution in [0.15, 0.2) is 59.5 Å². The number of benzene rings is 2. The molecule has 1 aliphatic heterocycles. The van der Waals surface area contributed by atoms with E-state index in [9.17, 15) is 8.42 Å². The van der Waals surface area contributed by atoms with E-state index in [2.05, 4.69) is 4.90 Å². The summed E-state index contributed by atoms with van der Waals surface area (Å²) in [5, 5.41) is 0.523. The van der Waals surface area contributed by atoms with Crippen LogP contribution in [0, 0.1) is 0 Å². The fourth-order valence-corrected chi connectivity index (χ4v) is 4.27. The van der Waals surface area contributed by atoms with Crippen LogP contribution >= 0.6 is 11.6 Å². The van der Waals surface area contributed by atoms with Gasteiger partial charge in [-0.2, -0.15) is 8.42 Å². The minimum atomic E-state index is -3.46. The Morgan fingerprint density at radius 1 is 1.04 bits per heavy atom. The maximum absolute atomic E-state index is 12.6. The molecule has 0 aliphatic carbocycles. The van der Waals surface area contributed by atoms with Crippen LogP contribution in [0.3, 0.4) is 0 Å². The Morgan fingerprint density at radius 3 is 2.32 bits per heavy atom. The first-order valence-electron chi connectivity index (χ1n) is 8.27. The largest absolute Gasteiger partial charge is 0.379 e. The van der Waals surface area contributed by atoms with Crippen molar-refractivity contribution in [2.24, 2.45) is 0 Å². The predicted molar refractivity (Wildman–Crippen MR) is 97.0 cm³/mol.